The van der Waals surface area contributed by atoms with Gasteiger partial charge in [-0.15, -0.1) is 0 Å². The number of halogens is 5. The van der Waals surface area contributed by atoms with Crippen LogP contribution < -0.4 is 10.2 Å². The minimum Gasteiger partial charge on any atom is -0.357 e. The van der Waals surface area contributed by atoms with E-state index in [-0.39, 0.29) is 36.0 Å². The van der Waals surface area contributed by atoms with Crippen molar-refractivity contribution in [1.82, 2.24) is 9.97 Å². The van der Waals surface area contributed by atoms with Crippen molar-refractivity contribution in [3.05, 3.63) is 35.4 Å². The maximum atomic E-state index is 13.9. The summed E-state index contributed by atoms with van der Waals surface area (Å²) in [6, 6.07) is 2.82. The average Bonchev–Trinajstić information content (AvgIpc) is 3.11. The highest BCUT2D eigenvalue weighted by molar-refractivity contribution is 5.66. The topological polar surface area (TPSA) is 64.8 Å². The predicted molar refractivity (Wildman–Crippen MR) is 88.1 cm³/mol. The van der Waals surface area contributed by atoms with Gasteiger partial charge in [-0.3, -0.25) is 0 Å². The molecule has 142 valence electrons. The highest BCUT2D eigenvalue weighted by Crippen LogP contribution is 2.36. The van der Waals surface area contributed by atoms with E-state index in [4.69, 9.17) is 5.26 Å². The van der Waals surface area contributed by atoms with Gasteiger partial charge in [-0.25, -0.2) is 13.8 Å². The quantitative estimate of drug-likeness (QED) is 0.816. The molecule has 10 heteroatoms. The molecule has 1 unspecified atom stereocenters. The van der Waals surface area contributed by atoms with Crippen LogP contribution in [-0.4, -0.2) is 35.8 Å². The summed E-state index contributed by atoms with van der Waals surface area (Å²) < 4.78 is 67.6. The van der Waals surface area contributed by atoms with Gasteiger partial charge < -0.3 is 10.2 Å². The Kier molecular flexibility index (Phi) is 4.87. The summed E-state index contributed by atoms with van der Waals surface area (Å²) in [4.78, 5) is 9.25. The van der Waals surface area contributed by atoms with E-state index in [1.54, 1.807) is 0 Å². The number of aromatic nitrogens is 2. The summed E-state index contributed by atoms with van der Waals surface area (Å²) in [6.07, 6.45) is -4.13. The minimum atomic E-state index is -4.42. The number of nitrogens with zero attached hydrogens (tertiary/aromatic N) is 4. The Hall–Kier alpha value is -2.96. The lowest BCUT2D eigenvalue weighted by Crippen LogP contribution is -2.41. The Balaban J connectivity index is 2.09. The summed E-state index contributed by atoms with van der Waals surface area (Å²) in [5.74, 6) is -2.13. The summed E-state index contributed by atoms with van der Waals surface area (Å²) in [6.45, 7) is 0.153. The molecule has 0 spiro atoms. The zero-order chi connectivity index (χ0) is 19.8. The fourth-order valence-corrected chi connectivity index (χ4v) is 3.05. The molecule has 1 aromatic carbocycles. The van der Waals surface area contributed by atoms with Gasteiger partial charge in [-0.1, -0.05) is 0 Å². The first kappa shape index (κ1) is 18.8. The fraction of sp³-hybridized carbons (Fsp3) is 0.353. The van der Waals surface area contributed by atoms with Gasteiger partial charge in [-0.2, -0.15) is 23.4 Å². The van der Waals surface area contributed by atoms with Crippen molar-refractivity contribution in [2.75, 3.05) is 23.8 Å². The lowest BCUT2D eigenvalue weighted by Gasteiger charge is -2.28. The van der Waals surface area contributed by atoms with Crippen molar-refractivity contribution >= 4 is 11.8 Å². The molecule has 0 aliphatic carbocycles. The Bertz CT molecular complexity index is 883. The summed E-state index contributed by atoms with van der Waals surface area (Å²) in [5, 5.41) is 11.4. The number of hydrogen-bond acceptors (Lipinski definition) is 5. The van der Waals surface area contributed by atoms with Crippen molar-refractivity contribution in [3.63, 3.8) is 0 Å². The van der Waals surface area contributed by atoms with Crippen LogP contribution in [-0.2, 0) is 0 Å². The van der Waals surface area contributed by atoms with Gasteiger partial charge in [0.1, 0.15) is 35.1 Å². The molecule has 1 saturated heterocycles. The van der Waals surface area contributed by atoms with Gasteiger partial charge >= 0.3 is 6.18 Å². The molecule has 3 rings (SSSR count). The first-order chi connectivity index (χ1) is 12.7. The van der Waals surface area contributed by atoms with Crippen LogP contribution >= 0.6 is 0 Å². The average molecular weight is 383 g/mol. The van der Waals surface area contributed by atoms with Crippen molar-refractivity contribution in [2.24, 2.45) is 0 Å². The molecule has 2 aromatic rings. The first-order valence-electron chi connectivity index (χ1n) is 8.04. The maximum Gasteiger partial charge on any atom is 0.408 e. The number of rotatable bonds is 3. The van der Waals surface area contributed by atoms with E-state index in [0.29, 0.717) is 6.42 Å². The second-order valence-electron chi connectivity index (χ2n) is 6.00. The number of benzene rings is 1. The van der Waals surface area contributed by atoms with Gasteiger partial charge in [0.05, 0.1) is 5.69 Å². The monoisotopic (exact) mass is 383 g/mol. The Morgan fingerprint density at radius 2 is 1.85 bits per heavy atom. The lowest BCUT2D eigenvalue weighted by molar-refractivity contribution is -0.146. The third kappa shape index (κ3) is 3.63. The van der Waals surface area contributed by atoms with Crippen molar-refractivity contribution < 1.29 is 22.0 Å². The zero-order valence-electron chi connectivity index (χ0n) is 14.1. The summed E-state index contributed by atoms with van der Waals surface area (Å²) in [7, 11) is 1.48. The second-order valence-corrected chi connectivity index (χ2v) is 6.00. The number of hydrogen-bond donors (Lipinski definition) is 1. The van der Waals surface area contributed by atoms with Crippen LogP contribution in [0, 0.1) is 23.0 Å². The number of nitriles is 1. The van der Waals surface area contributed by atoms with Crippen molar-refractivity contribution in [1.29, 1.82) is 5.26 Å². The van der Waals surface area contributed by atoms with Gasteiger partial charge in [0.2, 0.25) is 5.95 Å². The molecule has 1 N–H and O–H groups in total. The Labute approximate surface area is 151 Å². The van der Waals surface area contributed by atoms with Gasteiger partial charge in [0, 0.05) is 25.2 Å². The van der Waals surface area contributed by atoms with Crippen LogP contribution in [0.5, 0.6) is 0 Å². The standard InChI is InChI=1S/C17H14F5N5/c1-24-16-25-13(9-5-11(18)10(8-23)12(19)6-9)7-15(26-16)27-4-2-3-14(27)17(20,21)22/h5-7,14H,2-4H2,1H3,(H,24,25,26). The fourth-order valence-electron chi connectivity index (χ4n) is 3.05. The van der Waals surface area contributed by atoms with Gasteiger partial charge in [0.15, 0.2) is 0 Å². The van der Waals surface area contributed by atoms with Crippen LogP contribution in [0.1, 0.15) is 18.4 Å². The van der Waals surface area contributed by atoms with E-state index >= 15 is 0 Å². The van der Waals surface area contributed by atoms with E-state index in [2.05, 4.69) is 15.3 Å². The molecule has 2 heterocycles. The van der Waals surface area contributed by atoms with E-state index < -0.39 is 29.4 Å². The third-order valence-corrected chi connectivity index (χ3v) is 4.31. The number of anilines is 2. The van der Waals surface area contributed by atoms with Crippen LogP contribution in [0.3, 0.4) is 0 Å². The highest BCUT2D eigenvalue weighted by Gasteiger charge is 2.46. The predicted octanol–water partition coefficient (Wildman–Crippen LogP) is 3.87. The minimum absolute atomic E-state index is 0.00749. The summed E-state index contributed by atoms with van der Waals surface area (Å²) >= 11 is 0. The third-order valence-electron chi connectivity index (χ3n) is 4.31. The SMILES string of the molecule is CNc1nc(-c2cc(F)c(C#N)c(F)c2)cc(N2CCCC2C(F)(F)F)n1. The van der Waals surface area contributed by atoms with Crippen LogP contribution in [0.25, 0.3) is 11.3 Å². The molecule has 1 aliphatic rings. The molecule has 0 bridgehead atoms. The van der Waals surface area contributed by atoms with E-state index in [9.17, 15) is 22.0 Å². The Morgan fingerprint density at radius 1 is 1.19 bits per heavy atom. The molecule has 0 radical (unpaired) electrons. The largest absolute Gasteiger partial charge is 0.408 e. The summed E-state index contributed by atoms with van der Waals surface area (Å²) in [5.41, 5.74) is -0.704. The molecule has 0 saturated carbocycles. The Morgan fingerprint density at radius 3 is 2.41 bits per heavy atom. The van der Waals surface area contributed by atoms with Crippen LogP contribution in [0.4, 0.5) is 33.7 Å². The molecule has 0 amide bonds. The molecular formula is C17H14F5N5. The first-order valence-corrected chi connectivity index (χ1v) is 8.04. The molecule has 1 aromatic heterocycles. The number of alkyl halides is 3. The normalized spacial score (nSPS) is 17.1. The van der Waals surface area contributed by atoms with Crippen molar-refractivity contribution in [3.8, 4) is 17.3 Å². The zero-order valence-corrected chi connectivity index (χ0v) is 14.1. The number of nitrogens with one attached hydrogen (secondary N) is 1. The molecule has 1 aliphatic heterocycles. The smallest absolute Gasteiger partial charge is 0.357 e. The maximum absolute atomic E-state index is 13.9. The highest BCUT2D eigenvalue weighted by atomic mass is 19.4. The molecular weight excluding hydrogens is 369 g/mol. The lowest BCUT2D eigenvalue weighted by atomic mass is 10.1. The molecule has 5 nitrogen and oxygen atoms in total. The van der Waals surface area contributed by atoms with E-state index in [1.165, 1.54) is 19.2 Å². The molecule has 1 fully saturated rings. The van der Waals surface area contributed by atoms with Crippen molar-refractivity contribution in [2.45, 2.75) is 25.1 Å². The van der Waals surface area contributed by atoms with Gasteiger partial charge in [-0.05, 0) is 25.0 Å². The van der Waals surface area contributed by atoms with Crippen LogP contribution in [0.15, 0.2) is 18.2 Å². The molecule has 27 heavy (non-hydrogen) atoms. The second kappa shape index (κ2) is 6.98. The van der Waals surface area contributed by atoms with Gasteiger partial charge in [0.25, 0.3) is 0 Å². The molecule has 1 atom stereocenters. The van der Waals surface area contributed by atoms with E-state index in [0.717, 1.165) is 17.0 Å². The van der Waals surface area contributed by atoms with E-state index in [1.807, 2.05) is 0 Å². The van der Waals surface area contributed by atoms with Crippen LogP contribution in [0.2, 0.25) is 0 Å².